The van der Waals surface area contributed by atoms with E-state index >= 15 is 0 Å². The fraction of sp³-hybridized carbons (Fsp3) is 0.125. The van der Waals surface area contributed by atoms with Crippen molar-refractivity contribution in [3.05, 3.63) is 28.5 Å². The lowest BCUT2D eigenvalue weighted by molar-refractivity contribution is 1.19. The Hall–Kier alpha value is -1.03. The van der Waals surface area contributed by atoms with E-state index in [1.165, 1.54) is 0 Å². The molecule has 2 aromatic heterocycles. The molecule has 0 aliphatic carbocycles. The zero-order valence-corrected chi connectivity index (χ0v) is 8.17. The van der Waals surface area contributed by atoms with Crippen molar-refractivity contribution in [3.63, 3.8) is 0 Å². The highest BCUT2D eigenvalue weighted by Gasteiger charge is 2.05. The van der Waals surface area contributed by atoms with Gasteiger partial charge in [0.05, 0.1) is 10.2 Å². The SMILES string of the molecule is Cc1nc2c(Br)cccn2c1N. The molecule has 4 heteroatoms. The molecule has 0 bridgehead atoms. The second-order valence-electron chi connectivity index (χ2n) is 2.63. The number of rotatable bonds is 0. The van der Waals surface area contributed by atoms with E-state index in [2.05, 4.69) is 20.9 Å². The van der Waals surface area contributed by atoms with Crippen molar-refractivity contribution in [2.45, 2.75) is 6.92 Å². The van der Waals surface area contributed by atoms with E-state index in [0.717, 1.165) is 15.8 Å². The number of hydrogen-bond acceptors (Lipinski definition) is 2. The van der Waals surface area contributed by atoms with E-state index in [1.807, 2.05) is 29.7 Å². The molecular formula is C8H8BrN3. The van der Waals surface area contributed by atoms with Crippen molar-refractivity contribution in [3.8, 4) is 0 Å². The molecular weight excluding hydrogens is 218 g/mol. The number of pyridine rings is 1. The lowest BCUT2D eigenvalue weighted by Gasteiger charge is -1.96. The number of hydrogen-bond donors (Lipinski definition) is 1. The van der Waals surface area contributed by atoms with E-state index in [0.29, 0.717) is 5.82 Å². The molecule has 12 heavy (non-hydrogen) atoms. The minimum atomic E-state index is 0.700. The second kappa shape index (κ2) is 2.48. The third-order valence-electron chi connectivity index (χ3n) is 1.82. The first-order chi connectivity index (χ1) is 5.70. The van der Waals surface area contributed by atoms with Crippen LogP contribution >= 0.6 is 15.9 Å². The number of anilines is 1. The summed E-state index contributed by atoms with van der Waals surface area (Å²) in [7, 11) is 0. The van der Waals surface area contributed by atoms with E-state index < -0.39 is 0 Å². The summed E-state index contributed by atoms with van der Waals surface area (Å²) in [5.74, 6) is 0.700. The maximum absolute atomic E-state index is 5.79. The summed E-state index contributed by atoms with van der Waals surface area (Å²) in [4.78, 5) is 4.30. The Morgan fingerprint density at radius 2 is 2.33 bits per heavy atom. The molecule has 0 unspecified atom stereocenters. The van der Waals surface area contributed by atoms with Gasteiger partial charge in [-0.05, 0) is 35.0 Å². The normalized spacial score (nSPS) is 10.8. The highest BCUT2D eigenvalue weighted by Crippen LogP contribution is 2.20. The van der Waals surface area contributed by atoms with Gasteiger partial charge in [0, 0.05) is 6.20 Å². The van der Waals surface area contributed by atoms with Crippen LogP contribution in [0.25, 0.3) is 5.65 Å². The van der Waals surface area contributed by atoms with E-state index in [4.69, 9.17) is 5.73 Å². The third kappa shape index (κ3) is 0.914. The molecule has 2 heterocycles. The minimum absolute atomic E-state index is 0.700. The van der Waals surface area contributed by atoms with E-state index in [-0.39, 0.29) is 0 Å². The van der Waals surface area contributed by atoms with Gasteiger partial charge < -0.3 is 5.73 Å². The smallest absolute Gasteiger partial charge is 0.153 e. The van der Waals surface area contributed by atoms with Gasteiger partial charge in [-0.25, -0.2) is 4.98 Å². The summed E-state index contributed by atoms with van der Waals surface area (Å²) in [5.41, 5.74) is 7.52. The van der Waals surface area contributed by atoms with Gasteiger partial charge >= 0.3 is 0 Å². The molecule has 0 spiro atoms. The Labute approximate surface area is 78.3 Å². The standard InChI is InChI=1S/C8H8BrN3/c1-5-7(10)12-4-2-3-6(9)8(12)11-5/h2-4H,10H2,1H3. The maximum atomic E-state index is 5.79. The van der Waals surface area contributed by atoms with Crippen LogP contribution in [0, 0.1) is 6.92 Å². The van der Waals surface area contributed by atoms with Crippen molar-refractivity contribution in [2.75, 3.05) is 5.73 Å². The average Bonchev–Trinajstić information content (AvgIpc) is 2.32. The van der Waals surface area contributed by atoms with Gasteiger partial charge in [0.15, 0.2) is 5.65 Å². The summed E-state index contributed by atoms with van der Waals surface area (Å²) < 4.78 is 2.82. The van der Waals surface area contributed by atoms with Crippen LogP contribution in [0.2, 0.25) is 0 Å². The molecule has 2 rings (SSSR count). The number of halogens is 1. The van der Waals surface area contributed by atoms with Crippen LogP contribution in [0.3, 0.4) is 0 Å². The molecule has 3 nitrogen and oxygen atoms in total. The van der Waals surface area contributed by atoms with Crippen LogP contribution in [-0.4, -0.2) is 9.38 Å². The predicted molar refractivity (Wildman–Crippen MR) is 52.0 cm³/mol. The van der Waals surface area contributed by atoms with Crippen LogP contribution in [0.5, 0.6) is 0 Å². The number of fused-ring (bicyclic) bond motifs is 1. The highest BCUT2D eigenvalue weighted by molar-refractivity contribution is 9.10. The molecule has 0 amide bonds. The van der Waals surface area contributed by atoms with Crippen LogP contribution in [0.4, 0.5) is 5.82 Å². The van der Waals surface area contributed by atoms with Crippen LogP contribution < -0.4 is 5.73 Å². The Bertz CT molecular complexity index is 433. The Morgan fingerprint density at radius 3 is 3.00 bits per heavy atom. The van der Waals surface area contributed by atoms with Gasteiger partial charge in [-0.1, -0.05) is 0 Å². The fourth-order valence-electron chi connectivity index (χ4n) is 1.17. The second-order valence-corrected chi connectivity index (χ2v) is 3.49. The lowest BCUT2D eigenvalue weighted by atomic mass is 10.5. The first-order valence-electron chi connectivity index (χ1n) is 3.59. The monoisotopic (exact) mass is 225 g/mol. The minimum Gasteiger partial charge on any atom is -0.383 e. The molecule has 0 atom stereocenters. The molecule has 0 saturated carbocycles. The van der Waals surface area contributed by atoms with E-state index in [9.17, 15) is 0 Å². The molecule has 0 fully saturated rings. The van der Waals surface area contributed by atoms with Gasteiger partial charge in [0.1, 0.15) is 5.82 Å². The summed E-state index contributed by atoms with van der Waals surface area (Å²) in [6.45, 7) is 1.90. The van der Waals surface area contributed by atoms with Crippen LogP contribution in [0.15, 0.2) is 22.8 Å². The van der Waals surface area contributed by atoms with Gasteiger partial charge in [-0.3, -0.25) is 4.40 Å². The summed E-state index contributed by atoms with van der Waals surface area (Å²) in [5, 5.41) is 0. The van der Waals surface area contributed by atoms with Crippen molar-refractivity contribution in [2.24, 2.45) is 0 Å². The number of nitrogen functional groups attached to an aromatic ring is 1. The maximum Gasteiger partial charge on any atom is 0.153 e. The molecule has 0 aromatic carbocycles. The Balaban J connectivity index is 2.95. The van der Waals surface area contributed by atoms with E-state index in [1.54, 1.807) is 0 Å². The van der Waals surface area contributed by atoms with Crippen molar-refractivity contribution in [1.82, 2.24) is 9.38 Å². The molecule has 0 saturated heterocycles. The largest absolute Gasteiger partial charge is 0.383 e. The van der Waals surface area contributed by atoms with Gasteiger partial charge in [-0.15, -0.1) is 0 Å². The number of nitrogens with zero attached hydrogens (tertiary/aromatic N) is 2. The van der Waals surface area contributed by atoms with Crippen molar-refractivity contribution >= 4 is 27.4 Å². The third-order valence-corrected chi connectivity index (χ3v) is 2.44. The first kappa shape index (κ1) is 7.61. The zero-order valence-electron chi connectivity index (χ0n) is 6.58. The van der Waals surface area contributed by atoms with Crippen molar-refractivity contribution < 1.29 is 0 Å². The number of imidazole rings is 1. The van der Waals surface area contributed by atoms with Crippen LogP contribution in [-0.2, 0) is 0 Å². The Morgan fingerprint density at radius 1 is 1.58 bits per heavy atom. The molecule has 0 aliphatic heterocycles. The molecule has 2 aromatic rings. The molecule has 0 aliphatic rings. The van der Waals surface area contributed by atoms with Gasteiger partial charge in [0.2, 0.25) is 0 Å². The van der Waals surface area contributed by atoms with Crippen LogP contribution in [0.1, 0.15) is 5.69 Å². The first-order valence-corrected chi connectivity index (χ1v) is 4.38. The average molecular weight is 226 g/mol. The number of aryl methyl sites for hydroxylation is 1. The highest BCUT2D eigenvalue weighted by atomic mass is 79.9. The topological polar surface area (TPSA) is 43.3 Å². The predicted octanol–water partition coefficient (Wildman–Crippen LogP) is 1.99. The summed E-state index contributed by atoms with van der Waals surface area (Å²) in [6, 6.07) is 3.87. The summed E-state index contributed by atoms with van der Waals surface area (Å²) in [6.07, 6.45) is 1.90. The van der Waals surface area contributed by atoms with Gasteiger partial charge in [-0.2, -0.15) is 0 Å². The fourth-order valence-corrected chi connectivity index (χ4v) is 1.60. The quantitative estimate of drug-likeness (QED) is 0.746. The lowest BCUT2D eigenvalue weighted by Crippen LogP contribution is -1.93. The number of nitrogens with two attached hydrogens (primary N) is 1. The number of aromatic nitrogens is 2. The zero-order chi connectivity index (χ0) is 8.72. The molecule has 2 N–H and O–H groups in total. The van der Waals surface area contributed by atoms with Gasteiger partial charge in [0.25, 0.3) is 0 Å². The van der Waals surface area contributed by atoms with Crippen molar-refractivity contribution in [1.29, 1.82) is 0 Å². The Kier molecular flexibility index (Phi) is 1.58. The summed E-state index contributed by atoms with van der Waals surface area (Å²) >= 11 is 3.41. The molecule has 62 valence electrons. The molecule has 0 radical (unpaired) electrons.